The Labute approximate surface area is 118 Å². The Balaban J connectivity index is 2.63. The summed E-state index contributed by atoms with van der Waals surface area (Å²) >= 11 is 0. The van der Waals surface area contributed by atoms with Crippen LogP contribution in [0.4, 0.5) is 0 Å². The molecule has 5 heteroatoms. The van der Waals surface area contributed by atoms with Gasteiger partial charge in [-0.3, -0.25) is 9.59 Å². The first-order chi connectivity index (χ1) is 9.62. The summed E-state index contributed by atoms with van der Waals surface area (Å²) in [4.78, 5) is 23.3. The van der Waals surface area contributed by atoms with Crippen LogP contribution in [0.5, 0.6) is 11.5 Å². The molecule has 0 radical (unpaired) electrons. The quantitative estimate of drug-likeness (QED) is 0.415. The minimum atomic E-state index is -0.418. The van der Waals surface area contributed by atoms with E-state index in [9.17, 15) is 9.59 Å². The van der Waals surface area contributed by atoms with Gasteiger partial charge >= 0.3 is 5.97 Å². The van der Waals surface area contributed by atoms with E-state index in [0.29, 0.717) is 17.1 Å². The molecule has 0 saturated carbocycles. The van der Waals surface area contributed by atoms with E-state index in [1.165, 1.54) is 20.3 Å². The summed E-state index contributed by atoms with van der Waals surface area (Å²) in [5.74, 6) is 0.460. The molecule has 0 aliphatic carbocycles. The number of benzene rings is 1. The molecule has 5 nitrogen and oxygen atoms in total. The summed E-state index contributed by atoms with van der Waals surface area (Å²) in [6.07, 6.45) is 1.61. The molecule has 0 fully saturated rings. The standard InChI is InChI=1S/C15H18O5/c1-4-9-20-15(17)8-6-12(16)11-5-7-13(18-2)14(10-11)19-3/h4-5,7,10H,1,6,8-9H2,2-3H3. The highest BCUT2D eigenvalue weighted by Gasteiger charge is 2.13. The summed E-state index contributed by atoms with van der Waals surface area (Å²) in [6.45, 7) is 3.60. The lowest BCUT2D eigenvalue weighted by Gasteiger charge is -2.09. The first kappa shape index (κ1) is 15.8. The van der Waals surface area contributed by atoms with Crippen LogP contribution in [0.25, 0.3) is 0 Å². The van der Waals surface area contributed by atoms with Gasteiger partial charge in [-0.15, -0.1) is 0 Å². The second-order valence-electron chi connectivity index (χ2n) is 3.96. The number of esters is 1. The summed E-state index contributed by atoms with van der Waals surface area (Å²) in [6, 6.07) is 4.89. The van der Waals surface area contributed by atoms with E-state index < -0.39 is 5.97 Å². The second-order valence-corrected chi connectivity index (χ2v) is 3.96. The van der Waals surface area contributed by atoms with Gasteiger partial charge in [0, 0.05) is 12.0 Å². The van der Waals surface area contributed by atoms with Gasteiger partial charge in [0.2, 0.25) is 0 Å². The van der Waals surface area contributed by atoms with Crippen molar-refractivity contribution in [3.05, 3.63) is 36.4 Å². The fourth-order valence-electron chi connectivity index (χ4n) is 1.59. The number of carbonyl (C=O) groups excluding carboxylic acids is 2. The van der Waals surface area contributed by atoms with Crippen molar-refractivity contribution in [2.75, 3.05) is 20.8 Å². The Kier molecular flexibility index (Phi) is 6.29. The van der Waals surface area contributed by atoms with Gasteiger partial charge in [0.25, 0.3) is 0 Å². The van der Waals surface area contributed by atoms with Crippen molar-refractivity contribution in [3.8, 4) is 11.5 Å². The van der Waals surface area contributed by atoms with Crippen LogP contribution in [0.1, 0.15) is 23.2 Å². The second kappa shape index (κ2) is 7.99. The highest BCUT2D eigenvalue weighted by molar-refractivity contribution is 5.98. The van der Waals surface area contributed by atoms with Gasteiger partial charge in [-0.2, -0.15) is 0 Å². The minimum absolute atomic E-state index is 0.0427. The highest BCUT2D eigenvalue weighted by Crippen LogP contribution is 2.28. The van der Waals surface area contributed by atoms with Crippen LogP contribution >= 0.6 is 0 Å². The maximum absolute atomic E-state index is 12.0. The molecule has 0 bridgehead atoms. The molecule has 0 atom stereocenters. The molecule has 0 saturated heterocycles. The number of hydrogen-bond acceptors (Lipinski definition) is 5. The Hall–Kier alpha value is -2.30. The van der Waals surface area contributed by atoms with Gasteiger partial charge in [0.15, 0.2) is 17.3 Å². The largest absolute Gasteiger partial charge is 0.493 e. The van der Waals surface area contributed by atoms with Crippen LogP contribution in [0.15, 0.2) is 30.9 Å². The van der Waals surface area contributed by atoms with Crippen LogP contribution in [0.3, 0.4) is 0 Å². The Morgan fingerprint density at radius 2 is 1.85 bits per heavy atom. The number of rotatable bonds is 8. The van der Waals surface area contributed by atoms with Gasteiger partial charge in [0.05, 0.1) is 20.6 Å². The van der Waals surface area contributed by atoms with E-state index in [4.69, 9.17) is 14.2 Å². The monoisotopic (exact) mass is 278 g/mol. The Morgan fingerprint density at radius 1 is 1.15 bits per heavy atom. The maximum Gasteiger partial charge on any atom is 0.306 e. The Morgan fingerprint density at radius 3 is 2.45 bits per heavy atom. The number of hydrogen-bond donors (Lipinski definition) is 0. The first-order valence-corrected chi connectivity index (χ1v) is 6.14. The molecule has 1 aromatic carbocycles. The van der Waals surface area contributed by atoms with E-state index in [0.717, 1.165) is 0 Å². The molecule has 0 spiro atoms. The van der Waals surface area contributed by atoms with Gasteiger partial charge in [-0.1, -0.05) is 12.7 Å². The Bertz CT molecular complexity index is 493. The van der Waals surface area contributed by atoms with Crippen molar-refractivity contribution in [1.29, 1.82) is 0 Å². The molecule has 0 unspecified atom stereocenters. The molecule has 1 rings (SSSR count). The predicted octanol–water partition coefficient (Wildman–Crippen LogP) is 2.40. The van der Waals surface area contributed by atoms with Crippen LogP contribution in [0, 0.1) is 0 Å². The molecule has 0 aromatic heterocycles. The molecule has 1 aromatic rings. The van der Waals surface area contributed by atoms with Gasteiger partial charge in [-0.25, -0.2) is 0 Å². The number of carbonyl (C=O) groups is 2. The summed E-state index contributed by atoms with van der Waals surface area (Å²) in [7, 11) is 3.02. The third-order valence-corrected chi connectivity index (χ3v) is 2.62. The smallest absolute Gasteiger partial charge is 0.306 e. The molecular formula is C15H18O5. The number of methoxy groups -OCH3 is 2. The van der Waals surface area contributed by atoms with Gasteiger partial charge in [-0.05, 0) is 18.2 Å². The summed E-state index contributed by atoms with van der Waals surface area (Å²) in [5, 5.41) is 0. The maximum atomic E-state index is 12.0. The fourth-order valence-corrected chi connectivity index (χ4v) is 1.59. The van der Waals surface area contributed by atoms with Crippen LogP contribution < -0.4 is 9.47 Å². The molecule has 0 amide bonds. The summed E-state index contributed by atoms with van der Waals surface area (Å²) in [5.41, 5.74) is 0.471. The van der Waals surface area contributed by atoms with E-state index in [2.05, 4.69) is 6.58 Å². The van der Waals surface area contributed by atoms with E-state index in [1.807, 2.05) is 0 Å². The molecule has 0 aliphatic rings. The fraction of sp³-hybridized carbons (Fsp3) is 0.333. The van der Waals surface area contributed by atoms with Gasteiger partial charge < -0.3 is 14.2 Å². The number of ketones is 1. The number of ether oxygens (including phenoxy) is 3. The average molecular weight is 278 g/mol. The zero-order chi connectivity index (χ0) is 15.0. The van der Waals surface area contributed by atoms with Crippen molar-refractivity contribution in [2.24, 2.45) is 0 Å². The molecule has 0 aliphatic heterocycles. The average Bonchev–Trinajstić information content (AvgIpc) is 2.49. The predicted molar refractivity (Wildman–Crippen MR) is 74.3 cm³/mol. The normalized spacial score (nSPS) is 9.70. The lowest BCUT2D eigenvalue weighted by molar-refractivity contribution is -0.142. The molecule has 0 N–H and O–H groups in total. The SMILES string of the molecule is C=CCOC(=O)CCC(=O)c1ccc(OC)c(OC)c1. The third-order valence-electron chi connectivity index (χ3n) is 2.62. The number of Topliss-reactive ketones (excluding diaryl/α,β-unsaturated/α-hetero) is 1. The minimum Gasteiger partial charge on any atom is -0.493 e. The van der Waals surface area contributed by atoms with Crippen molar-refractivity contribution >= 4 is 11.8 Å². The van der Waals surface area contributed by atoms with Crippen LogP contribution in [0.2, 0.25) is 0 Å². The third kappa shape index (κ3) is 4.42. The zero-order valence-electron chi connectivity index (χ0n) is 11.7. The van der Waals surface area contributed by atoms with Crippen molar-refractivity contribution in [2.45, 2.75) is 12.8 Å². The topological polar surface area (TPSA) is 61.8 Å². The highest BCUT2D eigenvalue weighted by atomic mass is 16.5. The molecule has 0 heterocycles. The van der Waals surface area contributed by atoms with E-state index >= 15 is 0 Å². The lowest BCUT2D eigenvalue weighted by atomic mass is 10.1. The van der Waals surface area contributed by atoms with Gasteiger partial charge in [0.1, 0.15) is 6.61 Å². The zero-order valence-corrected chi connectivity index (χ0v) is 11.7. The molecule has 108 valence electrons. The van der Waals surface area contributed by atoms with E-state index in [1.54, 1.807) is 18.2 Å². The van der Waals surface area contributed by atoms with Crippen LogP contribution in [-0.4, -0.2) is 32.6 Å². The van der Waals surface area contributed by atoms with Crippen molar-refractivity contribution in [1.82, 2.24) is 0 Å². The van der Waals surface area contributed by atoms with Crippen molar-refractivity contribution in [3.63, 3.8) is 0 Å². The summed E-state index contributed by atoms with van der Waals surface area (Å²) < 4.78 is 15.0. The molecular weight excluding hydrogens is 260 g/mol. The first-order valence-electron chi connectivity index (χ1n) is 6.14. The molecule has 20 heavy (non-hydrogen) atoms. The van der Waals surface area contributed by atoms with Crippen molar-refractivity contribution < 1.29 is 23.8 Å². The van der Waals surface area contributed by atoms with Crippen LogP contribution in [-0.2, 0) is 9.53 Å². The van der Waals surface area contributed by atoms with E-state index in [-0.39, 0.29) is 25.2 Å². The lowest BCUT2D eigenvalue weighted by Crippen LogP contribution is -2.08.